The minimum absolute atomic E-state index is 0.00838. The predicted molar refractivity (Wildman–Crippen MR) is 70.8 cm³/mol. The zero-order valence-corrected chi connectivity index (χ0v) is 11.8. The van der Waals surface area contributed by atoms with E-state index in [1.807, 2.05) is 0 Å². The Morgan fingerprint density at radius 2 is 2.00 bits per heavy atom. The molecule has 0 atom stereocenters. The van der Waals surface area contributed by atoms with E-state index < -0.39 is 15.7 Å². The van der Waals surface area contributed by atoms with E-state index in [2.05, 4.69) is 0 Å². The molecule has 1 rings (SSSR count). The lowest BCUT2D eigenvalue weighted by atomic mass is 10.1. The van der Waals surface area contributed by atoms with Gasteiger partial charge in [-0.1, -0.05) is 6.92 Å². The molecule has 0 spiro atoms. The minimum atomic E-state index is -3.11. The molecule has 0 aliphatic rings. The summed E-state index contributed by atoms with van der Waals surface area (Å²) in [6.45, 7) is 3.03. The molecular formula is C13H17FO4S. The molecule has 0 amide bonds. The van der Waals surface area contributed by atoms with Crippen LogP contribution in [0.25, 0.3) is 0 Å². The summed E-state index contributed by atoms with van der Waals surface area (Å²) in [6, 6.07) is 3.86. The topological polar surface area (TPSA) is 60.4 Å². The minimum Gasteiger partial charge on any atom is -0.492 e. The predicted octanol–water partition coefficient (Wildman–Crippen LogP) is 2.23. The van der Waals surface area contributed by atoms with Crippen LogP contribution in [0.1, 0.15) is 30.6 Å². The maximum Gasteiger partial charge on any atom is 0.162 e. The van der Waals surface area contributed by atoms with Gasteiger partial charge in [-0.2, -0.15) is 0 Å². The van der Waals surface area contributed by atoms with Crippen LogP contribution in [0.15, 0.2) is 18.2 Å². The van der Waals surface area contributed by atoms with Gasteiger partial charge in [0.1, 0.15) is 18.2 Å². The zero-order chi connectivity index (χ0) is 14.5. The number of carbonyl (C=O) groups is 1. The molecule has 0 fully saturated rings. The molecule has 0 bridgehead atoms. The molecule has 0 aromatic heterocycles. The van der Waals surface area contributed by atoms with Gasteiger partial charge < -0.3 is 4.74 Å². The first-order valence-corrected chi connectivity index (χ1v) is 7.81. The van der Waals surface area contributed by atoms with Gasteiger partial charge in [0.15, 0.2) is 15.6 Å². The Balaban J connectivity index is 2.60. The van der Waals surface area contributed by atoms with Crippen LogP contribution in [-0.2, 0) is 9.84 Å². The van der Waals surface area contributed by atoms with E-state index in [1.54, 1.807) is 6.92 Å². The molecular weight excluding hydrogens is 271 g/mol. The number of halogens is 1. The highest BCUT2D eigenvalue weighted by Crippen LogP contribution is 2.17. The van der Waals surface area contributed by atoms with Crippen molar-refractivity contribution in [2.24, 2.45) is 0 Å². The van der Waals surface area contributed by atoms with Gasteiger partial charge in [0.2, 0.25) is 0 Å². The largest absolute Gasteiger partial charge is 0.492 e. The van der Waals surface area contributed by atoms with Crippen LogP contribution in [0.3, 0.4) is 0 Å². The van der Waals surface area contributed by atoms with Gasteiger partial charge in [0, 0.05) is 6.07 Å². The summed E-state index contributed by atoms with van der Waals surface area (Å²) in [4.78, 5) is 11.0. The average molecular weight is 288 g/mol. The van der Waals surface area contributed by atoms with Crippen molar-refractivity contribution in [1.82, 2.24) is 0 Å². The molecule has 106 valence electrons. The second kappa shape index (κ2) is 6.65. The van der Waals surface area contributed by atoms with Crippen molar-refractivity contribution in [2.45, 2.75) is 20.3 Å². The summed E-state index contributed by atoms with van der Waals surface area (Å²) in [5.41, 5.74) is -0.00838. The summed E-state index contributed by atoms with van der Waals surface area (Å²) in [6.07, 6.45) is 0.560. The summed E-state index contributed by atoms with van der Waals surface area (Å²) in [5.74, 6) is -0.796. The van der Waals surface area contributed by atoms with Gasteiger partial charge in [-0.05, 0) is 25.5 Å². The lowest BCUT2D eigenvalue weighted by Gasteiger charge is -2.07. The highest BCUT2D eigenvalue weighted by molar-refractivity contribution is 7.91. The van der Waals surface area contributed by atoms with E-state index in [1.165, 1.54) is 19.1 Å². The molecule has 0 saturated heterocycles. The number of rotatable bonds is 7. The summed E-state index contributed by atoms with van der Waals surface area (Å²) >= 11 is 0. The SMILES string of the molecule is CCCS(=O)(=O)CCOc1ccc(C(C)=O)c(F)c1. The first-order chi connectivity index (χ1) is 8.85. The van der Waals surface area contributed by atoms with E-state index in [-0.39, 0.29) is 35.2 Å². The number of benzene rings is 1. The highest BCUT2D eigenvalue weighted by Gasteiger charge is 2.11. The maximum atomic E-state index is 13.5. The highest BCUT2D eigenvalue weighted by atomic mass is 32.2. The molecule has 0 saturated carbocycles. The van der Waals surface area contributed by atoms with Crippen LogP contribution in [0.4, 0.5) is 4.39 Å². The second-order valence-electron chi connectivity index (χ2n) is 4.20. The Labute approximate surface area is 112 Å². The molecule has 0 aliphatic heterocycles. The summed E-state index contributed by atoms with van der Waals surface area (Å²) < 4.78 is 41.5. The molecule has 0 aliphatic carbocycles. The molecule has 0 unspecified atom stereocenters. The number of hydrogen-bond donors (Lipinski definition) is 0. The van der Waals surface area contributed by atoms with Crippen molar-refractivity contribution in [2.75, 3.05) is 18.1 Å². The lowest BCUT2D eigenvalue weighted by molar-refractivity contribution is 0.101. The fraction of sp³-hybridized carbons (Fsp3) is 0.462. The first kappa shape index (κ1) is 15.6. The Morgan fingerprint density at radius 1 is 1.32 bits per heavy atom. The van der Waals surface area contributed by atoms with Gasteiger partial charge in [-0.25, -0.2) is 12.8 Å². The van der Waals surface area contributed by atoms with Crippen LogP contribution >= 0.6 is 0 Å². The van der Waals surface area contributed by atoms with Crippen LogP contribution in [0.2, 0.25) is 0 Å². The number of carbonyl (C=O) groups excluding carboxylic acids is 1. The van der Waals surface area contributed by atoms with Crippen LogP contribution in [0, 0.1) is 5.82 Å². The standard InChI is InChI=1S/C13H17FO4S/c1-3-7-19(16,17)8-6-18-11-4-5-12(10(2)15)13(14)9-11/h4-5,9H,3,6-8H2,1-2H3. The van der Waals surface area contributed by atoms with Gasteiger partial charge >= 0.3 is 0 Å². The molecule has 0 N–H and O–H groups in total. The van der Waals surface area contributed by atoms with Crippen molar-refractivity contribution < 1.29 is 22.3 Å². The Bertz CT molecular complexity index is 552. The molecule has 0 radical (unpaired) electrons. The van der Waals surface area contributed by atoms with Crippen molar-refractivity contribution in [3.8, 4) is 5.75 Å². The first-order valence-electron chi connectivity index (χ1n) is 5.99. The lowest BCUT2D eigenvalue weighted by Crippen LogP contribution is -2.16. The van der Waals surface area contributed by atoms with Crippen molar-refractivity contribution >= 4 is 15.6 Å². The molecule has 0 heterocycles. The van der Waals surface area contributed by atoms with Crippen molar-refractivity contribution in [1.29, 1.82) is 0 Å². The van der Waals surface area contributed by atoms with E-state index in [0.29, 0.717) is 6.42 Å². The van der Waals surface area contributed by atoms with Gasteiger partial charge in [0.05, 0.1) is 17.1 Å². The third-order valence-electron chi connectivity index (χ3n) is 2.50. The number of ether oxygens (including phenoxy) is 1. The maximum absolute atomic E-state index is 13.5. The molecule has 1 aromatic rings. The van der Waals surface area contributed by atoms with Gasteiger partial charge in [-0.3, -0.25) is 4.79 Å². The van der Waals surface area contributed by atoms with Gasteiger partial charge in [-0.15, -0.1) is 0 Å². The quantitative estimate of drug-likeness (QED) is 0.722. The number of ketones is 1. The number of sulfone groups is 1. The number of hydrogen-bond acceptors (Lipinski definition) is 4. The van der Waals surface area contributed by atoms with E-state index in [0.717, 1.165) is 6.07 Å². The van der Waals surface area contributed by atoms with Crippen LogP contribution in [0.5, 0.6) is 5.75 Å². The molecule has 19 heavy (non-hydrogen) atoms. The average Bonchev–Trinajstić information content (AvgIpc) is 2.28. The second-order valence-corrected chi connectivity index (χ2v) is 6.50. The smallest absolute Gasteiger partial charge is 0.162 e. The third-order valence-corrected chi connectivity index (χ3v) is 4.32. The molecule has 4 nitrogen and oxygen atoms in total. The Kier molecular flexibility index (Phi) is 5.47. The van der Waals surface area contributed by atoms with E-state index in [4.69, 9.17) is 4.74 Å². The normalized spacial score (nSPS) is 11.3. The zero-order valence-electron chi connectivity index (χ0n) is 11.0. The molecule has 1 aromatic carbocycles. The van der Waals surface area contributed by atoms with Gasteiger partial charge in [0.25, 0.3) is 0 Å². The summed E-state index contributed by atoms with van der Waals surface area (Å²) in [7, 11) is -3.11. The number of Topliss-reactive ketones (excluding diaryl/α,β-unsaturated/α-hetero) is 1. The van der Waals surface area contributed by atoms with E-state index >= 15 is 0 Å². The van der Waals surface area contributed by atoms with Crippen molar-refractivity contribution in [3.05, 3.63) is 29.6 Å². The van der Waals surface area contributed by atoms with E-state index in [9.17, 15) is 17.6 Å². The Hall–Kier alpha value is -1.43. The third kappa shape index (κ3) is 4.98. The fourth-order valence-corrected chi connectivity index (χ4v) is 2.73. The molecule has 6 heteroatoms. The monoisotopic (exact) mass is 288 g/mol. The summed E-state index contributed by atoms with van der Waals surface area (Å²) in [5, 5.41) is 0. The van der Waals surface area contributed by atoms with Crippen LogP contribution < -0.4 is 4.74 Å². The fourth-order valence-electron chi connectivity index (χ4n) is 1.57. The van der Waals surface area contributed by atoms with Crippen LogP contribution in [-0.4, -0.2) is 32.3 Å². The van der Waals surface area contributed by atoms with Crippen molar-refractivity contribution in [3.63, 3.8) is 0 Å². The Morgan fingerprint density at radius 3 is 2.53 bits per heavy atom.